The summed E-state index contributed by atoms with van der Waals surface area (Å²) >= 11 is 1.87. The average molecular weight is 553 g/mol. The van der Waals surface area contributed by atoms with Crippen molar-refractivity contribution < 1.29 is 0 Å². The molecular weight excluding hydrogens is 529 g/mol. The molecule has 3 aromatic heterocycles. The number of fused-ring (bicyclic) bond motifs is 9. The predicted molar refractivity (Wildman–Crippen MR) is 179 cm³/mol. The highest BCUT2D eigenvalue weighted by Crippen LogP contribution is 2.41. The molecule has 42 heavy (non-hydrogen) atoms. The van der Waals surface area contributed by atoms with Crippen LogP contribution >= 0.6 is 11.3 Å². The maximum atomic E-state index is 5.02. The number of hydrogen-bond acceptors (Lipinski definition) is 2. The van der Waals surface area contributed by atoms with Gasteiger partial charge in [0.2, 0.25) is 0 Å². The van der Waals surface area contributed by atoms with Gasteiger partial charge in [-0.05, 0) is 58.0 Å². The minimum absolute atomic E-state index is 0.982. The largest absolute Gasteiger partial charge is 0.292 e. The molecule has 3 heterocycles. The number of aromatic nitrogens is 2. The molecule has 0 amide bonds. The normalized spacial score (nSPS) is 11.8. The van der Waals surface area contributed by atoms with Crippen molar-refractivity contribution in [2.75, 3.05) is 0 Å². The molecule has 0 aliphatic heterocycles. The predicted octanol–water partition coefficient (Wildman–Crippen LogP) is 11.0. The van der Waals surface area contributed by atoms with E-state index < -0.39 is 0 Å². The van der Waals surface area contributed by atoms with E-state index in [1.54, 1.807) is 0 Å². The van der Waals surface area contributed by atoms with Gasteiger partial charge in [0.05, 0.1) is 17.4 Å². The first-order valence-corrected chi connectivity index (χ1v) is 15.0. The van der Waals surface area contributed by atoms with Crippen LogP contribution in [0.4, 0.5) is 0 Å². The first kappa shape index (κ1) is 23.5. The molecule has 0 bridgehead atoms. The number of rotatable bonds is 3. The molecule has 2 nitrogen and oxygen atoms in total. The van der Waals surface area contributed by atoms with Crippen LogP contribution in [0, 0.1) is 0 Å². The van der Waals surface area contributed by atoms with E-state index in [4.69, 9.17) is 4.98 Å². The van der Waals surface area contributed by atoms with Crippen molar-refractivity contribution >= 4 is 58.8 Å². The lowest BCUT2D eigenvalue weighted by molar-refractivity contribution is 1.27. The zero-order valence-corrected chi connectivity index (χ0v) is 23.5. The van der Waals surface area contributed by atoms with Crippen LogP contribution in [0.15, 0.2) is 146 Å². The quantitative estimate of drug-likeness (QED) is 0.199. The number of pyridine rings is 1. The summed E-state index contributed by atoms with van der Waals surface area (Å²) in [4.78, 5) is 5.02. The molecule has 6 aromatic carbocycles. The van der Waals surface area contributed by atoms with Gasteiger partial charge in [0.1, 0.15) is 5.65 Å². The first-order chi connectivity index (χ1) is 20.8. The Bertz CT molecular complexity index is 2470. The molecule has 0 unspecified atom stereocenters. The highest BCUT2D eigenvalue weighted by atomic mass is 32.1. The monoisotopic (exact) mass is 552 g/mol. The van der Waals surface area contributed by atoms with Crippen LogP contribution in [0.1, 0.15) is 0 Å². The number of thiophene rings is 1. The number of para-hydroxylation sites is 1. The van der Waals surface area contributed by atoms with Gasteiger partial charge in [-0.3, -0.25) is 4.40 Å². The molecule has 0 aliphatic carbocycles. The second-order valence-corrected chi connectivity index (χ2v) is 11.9. The third-order valence-electron chi connectivity index (χ3n) is 8.44. The Balaban J connectivity index is 1.26. The van der Waals surface area contributed by atoms with Gasteiger partial charge in [0.15, 0.2) is 0 Å². The summed E-state index contributed by atoms with van der Waals surface area (Å²) < 4.78 is 4.99. The average Bonchev–Trinajstić information content (AvgIpc) is 3.68. The van der Waals surface area contributed by atoms with Gasteiger partial charge < -0.3 is 0 Å². The Labute approximate surface area is 246 Å². The summed E-state index contributed by atoms with van der Waals surface area (Å²) in [5, 5.41) is 6.25. The van der Waals surface area contributed by atoms with Gasteiger partial charge in [-0.2, -0.15) is 0 Å². The fourth-order valence-corrected chi connectivity index (χ4v) is 7.72. The summed E-state index contributed by atoms with van der Waals surface area (Å²) in [5.41, 5.74) is 9.32. The van der Waals surface area contributed by atoms with Crippen LogP contribution in [0.5, 0.6) is 0 Å². The van der Waals surface area contributed by atoms with Gasteiger partial charge in [0, 0.05) is 36.5 Å². The van der Waals surface area contributed by atoms with E-state index in [1.807, 2.05) is 17.5 Å². The minimum atomic E-state index is 0.982. The Morgan fingerprint density at radius 3 is 2.14 bits per heavy atom. The minimum Gasteiger partial charge on any atom is -0.292 e. The van der Waals surface area contributed by atoms with Crippen molar-refractivity contribution in [3.05, 3.63) is 146 Å². The molecular formula is C39H24N2S. The second-order valence-electron chi connectivity index (χ2n) is 10.8. The van der Waals surface area contributed by atoms with Crippen LogP contribution < -0.4 is 0 Å². The molecule has 0 fully saturated rings. The molecule has 0 saturated heterocycles. The molecule has 9 rings (SSSR count). The molecule has 0 spiro atoms. The zero-order chi connectivity index (χ0) is 27.6. The van der Waals surface area contributed by atoms with E-state index in [1.165, 1.54) is 53.2 Å². The van der Waals surface area contributed by atoms with Crippen molar-refractivity contribution in [3.8, 4) is 33.5 Å². The molecule has 0 aliphatic rings. The van der Waals surface area contributed by atoms with E-state index in [0.717, 1.165) is 27.8 Å². The molecule has 9 aromatic rings. The number of benzene rings is 6. The Kier molecular flexibility index (Phi) is 5.10. The zero-order valence-electron chi connectivity index (χ0n) is 22.7. The lowest BCUT2D eigenvalue weighted by atomic mass is 9.98. The summed E-state index contributed by atoms with van der Waals surface area (Å²) in [7, 11) is 0. The topological polar surface area (TPSA) is 17.3 Å². The number of imidazole rings is 1. The van der Waals surface area contributed by atoms with E-state index in [9.17, 15) is 0 Å². The van der Waals surface area contributed by atoms with Crippen molar-refractivity contribution in [3.63, 3.8) is 0 Å². The number of hydrogen-bond donors (Lipinski definition) is 0. The number of nitrogens with zero attached hydrogens (tertiary/aromatic N) is 2. The van der Waals surface area contributed by atoms with Crippen molar-refractivity contribution in [1.29, 1.82) is 0 Å². The van der Waals surface area contributed by atoms with Crippen LogP contribution in [0.3, 0.4) is 0 Å². The van der Waals surface area contributed by atoms with Crippen LogP contribution in [-0.2, 0) is 0 Å². The SMILES string of the molecule is c1ccc(-c2ccc3c(c2)c2ccccc2n2c(-c4cccc(-c5cccc6c5sc5ccccc56)c4)cnc32)cc1. The highest BCUT2D eigenvalue weighted by molar-refractivity contribution is 7.26. The molecule has 0 saturated carbocycles. The molecule has 196 valence electrons. The molecule has 0 N–H and O–H groups in total. The third kappa shape index (κ3) is 3.47. The molecule has 0 radical (unpaired) electrons. The van der Waals surface area contributed by atoms with Crippen molar-refractivity contribution in [2.24, 2.45) is 0 Å². The summed E-state index contributed by atoms with van der Waals surface area (Å²) in [6.45, 7) is 0. The molecule has 0 atom stereocenters. The van der Waals surface area contributed by atoms with Gasteiger partial charge in [-0.15, -0.1) is 11.3 Å². The summed E-state index contributed by atoms with van der Waals surface area (Å²) in [6.07, 6.45) is 2.03. The van der Waals surface area contributed by atoms with Crippen molar-refractivity contribution in [2.45, 2.75) is 0 Å². The van der Waals surface area contributed by atoms with E-state index in [0.29, 0.717) is 0 Å². The van der Waals surface area contributed by atoms with Gasteiger partial charge in [-0.25, -0.2) is 4.98 Å². The summed E-state index contributed by atoms with van der Waals surface area (Å²) in [5.74, 6) is 0. The first-order valence-electron chi connectivity index (χ1n) is 14.2. The Morgan fingerprint density at radius 2 is 1.21 bits per heavy atom. The molecule has 3 heteroatoms. The lowest BCUT2D eigenvalue weighted by Gasteiger charge is -2.13. The van der Waals surface area contributed by atoms with Crippen LogP contribution in [0.2, 0.25) is 0 Å². The fourth-order valence-electron chi connectivity index (χ4n) is 6.48. The fraction of sp³-hybridized carbons (Fsp3) is 0. The highest BCUT2D eigenvalue weighted by Gasteiger charge is 2.16. The van der Waals surface area contributed by atoms with Gasteiger partial charge in [-0.1, -0.05) is 109 Å². The van der Waals surface area contributed by atoms with Crippen LogP contribution in [0.25, 0.3) is 81.0 Å². The van der Waals surface area contributed by atoms with E-state index in [2.05, 4.69) is 144 Å². The van der Waals surface area contributed by atoms with Gasteiger partial charge >= 0.3 is 0 Å². The van der Waals surface area contributed by atoms with Gasteiger partial charge in [0.25, 0.3) is 0 Å². The van der Waals surface area contributed by atoms with Crippen molar-refractivity contribution in [1.82, 2.24) is 9.38 Å². The summed E-state index contributed by atoms with van der Waals surface area (Å²) in [6, 6.07) is 50.3. The van der Waals surface area contributed by atoms with E-state index in [-0.39, 0.29) is 0 Å². The van der Waals surface area contributed by atoms with Crippen LogP contribution in [-0.4, -0.2) is 9.38 Å². The third-order valence-corrected chi connectivity index (χ3v) is 9.66. The second kappa shape index (κ2) is 9.13. The maximum absolute atomic E-state index is 5.02. The Hall–Kier alpha value is -5.25. The Morgan fingerprint density at radius 1 is 0.476 bits per heavy atom. The lowest BCUT2D eigenvalue weighted by Crippen LogP contribution is -1.94. The smallest absolute Gasteiger partial charge is 0.145 e. The maximum Gasteiger partial charge on any atom is 0.145 e. The standard InChI is InChI=1S/C39H24N2S/c1-2-10-25(11-3-1)26-20-21-33-34(23-26)30-14-4-6-18-35(30)41-36(24-40-39(33)41)28-13-8-12-27(22-28)29-16-9-17-32-31-15-5-7-19-37(31)42-38(29)32/h1-24H. The van der Waals surface area contributed by atoms with E-state index >= 15 is 0 Å².